The summed E-state index contributed by atoms with van der Waals surface area (Å²) in [4.78, 5) is 207. The summed E-state index contributed by atoms with van der Waals surface area (Å²) in [5.41, 5.74) is 20.7. The summed E-state index contributed by atoms with van der Waals surface area (Å²) in [7, 11) is 0. The number of primary amides is 1. The molecule has 22 N–H and O–H groups in total. The number of aromatic nitrogens is 2. The number of rotatable bonds is 25. The summed E-state index contributed by atoms with van der Waals surface area (Å²) in [5, 5.41) is 55.4. The lowest BCUT2D eigenvalue weighted by molar-refractivity contribution is -0.138. The van der Waals surface area contributed by atoms with Gasteiger partial charge < -0.3 is 101 Å². The van der Waals surface area contributed by atoms with Gasteiger partial charge in [-0.25, -0.2) is 0 Å². The fourth-order valence-electron chi connectivity index (χ4n) is 13.1. The van der Waals surface area contributed by atoms with E-state index in [4.69, 9.17) is 17.2 Å². The lowest BCUT2D eigenvalue weighted by Crippen LogP contribution is -2.61. The molecular formula is C79H109N17O16S. The molecule has 7 rings (SSSR count). The van der Waals surface area contributed by atoms with E-state index in [1.807, 2.05) is 49.4 Å². The molecule has 0 aliphatic carbocycles. The average molecular weight is 1580 g/mol. The first-order valence-electron chi connectivity index (χ1n) is 38.4. The highest BCUT2D eigenvalue weighted by Crippen LogP contribution is 2.24. The Morgan fingerprint density at radius 1 is 0.478 bits per heavy atom. The van der Waals surface area contributed by atoms with Crippen molar-refractivity contribution in [3.05, 3.63) is 120 Å². The number of benzene rings is 4. The summed E-state index contributed by atoms with van der Waals surface area (Å²) in [6.45, 7) is 6.98. The monoisotopic (exact) mass is 1580 g/mol. The fourth-order valence-corrected chi connectivity index (χ4v) is 13.9. The Morgan fingerprint density at radius 3 is 1.44 bits per heavy atom. The first kappa shape index (κ1) is 89.2. The van der Waals surface area contributed by atoms with Crippen LogP contribution in [-0.4, -0.2) is 207 Å². The van der Waals surface area contributed by atoms with Crippen molar-refractivity contribution in [2.45, 2.75) is 197 Å². The number of hydrogen-bond donors (Lipinski definition) is 19. The van der Waals surface area contributed by atoms with E-state index < -0.39 is 193 Å². The molecule has 0 spiro atoms. The third-order valence-electron chi connectivity index (χ3n) is 19.8. The number of fused-ring (bicyclic) bond motifs is 3. The van der Waals surface area contributed by atoms with Crippen LogP contribution in [0.4, 0.5) is 0 Å². The highest BCUT2D eigenvalue weighted by molar-refractivity contribution is 8.00. The van der Waals surface area contributed by atoms with Crippen LogP contribution in [0, 0.1) is 11.8 Å². The van der Waals surface area contributed by atoms with E-state index >= 15 is 14.4 Å². The molecule has 1 saturated heterocycles. The zero-order valence-electron chi connectivity index (χ0n) is 64.4. The van der Waals surface area contributed by atoms with Crippen molar-refractivity contribution in [3.63, 3.8) is 0 Å². The number of nitrogens with one attached hydrogen (secondary N) is 14. The number of aliphatic hydroxyl groups excluding tert-OH is 1. The van der Waals surface area contributed by atoms with Gasteiger partial charge in [0.25, 0.3) is 0 Å². The van der Waals surface area contributed by atoms with Gasteiger partial charge in [0.05, 0.1) is 18.9 Å². The molecule has 1 aliphatic heterocycles. The van der Waals surface area contributed by atoms with Crippen LogP contribution in [0.1, 0.15) is 128 Å². The molecule has 33 nitrogen and oxygen atoms in total. The topological polar surface area (TPSA) is 533 Å². The van der Waals surface area contributed by atoms with Crippen molar-refractivity contribution in [3.8, 4) is 0 Å². The van der Waals surface area contributed by atoms with Gasteiger partial charge >= 0.3 is 5.97 Å². The third kappa shape index (κ3) is 27.2. The molecule has 3 heterocycles. The molecule has 0 radical (unpaired) electrons. The number of carbonyl (C=O) groups is 14. The van der Waals surface area contributed by atoms with Gasteiger partial charge in [0, 0.05) is 65.6 Å². The van der Waals surface area contributed by atoms with Crippen molar-refractivity contribution in [1.29, 1.82) is 0 Å². The van der Waals surface area contributed by atoms with Crippen molar-refractivity contribution in [1.82, 2.24) is 73.8 Å². The molecular weight excluding hydrogens is 1480 g/mol. The number of carbonyl (C=O) groups excluding carboxylic acids is 13. The van der Waals surface area contributed by atoms with Crippen LogP contribution in [0.5, 0.6) is 0 Å². The van der Waals surface area contributed by atoms with E-state index in [2.05, 4.69) is 73.8 Å². The van der Waals surface area contributed by atoms with E-state index in [-0.39, 0.29) is 76.6 Å². The Labute approximate surface area is 659 Å². The number of amides is 13. The lowest BCUT2D eigenvalue weighted by atomic mass is 9.96. The molecule has 6 aromatic rings. The number of unbranched alkanes of at least 4 members (excludes halogenated alkanes) is 3. The SMILES string of the molecule is CCCC[C@@H]1NC(=O)[C@H](Cc2c[nH]c3ccccc23)NC(=O)[C@H](CCC(=O)O)NC(=O)[C@H](CCCCN)NC(=O)CNC(=O)[C@H](CO)NC(=O)[C@H]([C@@H](C)CC)NC(=O)[C@@H](Cc2ccc3ccccc3c2)NC(=O)CSC[C@@H](C(N)=O)NC(=O)[C@H](C(C)C)NC(=O)[C@H](Cc2c[nH]c3ccccc23)NC(=O)[C@H](CCCCN)NC1=O. The molecule has 2 aromatic heterocycles. The summed E-state index contributed by atoms with van der Waals surface area (Å²) < 4.78 is 0. The van der Waals surface area contributed by atoms with Gasteiger partial charge in [0.1, 0.15) is 66.5 Å². The zero-order chi connectivity index (χ0) is 82.3. The number of carboxylic acid groups (broad SMARTS) is 1. The van der Waals surface area contributed by atoms with Crippen LogP contribution in [0.3, 0.4) is 0 Å². The van der Waals surface area contributed by atoms with Crippen LogP contribution in [0.25, 0.3) is 32.6 Å². The van der Waals surface area contributed by atoms with Crippen molar-refractivity contribution in [2.75, 3.05) is 37.7 Å². The maximum Gasteiger partial charge on any atom is 0.303 e. The molecule has 0 bridgehead atoms. The second kappa shape index (κ2) is 44.9. The van der Waals surface area contributed by atoms with Gasteiger partial charge in [-0.1, -0.05) is 133 Å². The number of hydrogen-bond acceptors (Lipinski definition) is 18. The molecule has 0 unspecified atom stereocenters. The van der Waals surface area contributed by atoms with E-state index in [9.17, 15) is 63.0 Å². The smallest absolute Gasteiger partial charge is 0.303 e. The first-order chi connectivity index (χ1) is 54.1. The van der Waals surface area contributed by atoms with Gasteiger partial charge in [0.2, 0.25) is 76.8 Å². The predicted molar refractivity (Wildman–Crippen MR) is 426 cm³/mol. The zero-order valence-corrected chi connectivity index (χ0v) is 65.2. The van der Waals surface area contributed by atoms with Crippen LogP contribution in [-0.2, 0) is 86.4 Å². The molecule has 4 aromatic carbocycles. The minimum absolute atomic E-state index is 0.00289. The first-order valence-corrected chi connectivity index (χ1v) is 39.6. The molecule has 1 aliphatic rings. The number of nitrogens with two attached hydrogens (primary N) is 3. The minimum atomic E-state index is -1.73. The Kier molecular flexibility index (Phi) is 35.5. The van der Waals surface area contributed by atoms with Crippen molar-refractivity contribution in [2.24, 2.45) is 29.0 Å². The van der Waals surface area contributed by atoms with Crippen LogP contribution in [0.2, 0.25) is 0 Å². The summed E-state index contributed by atoms with van der Waals surface area (Å²) in [6, 6.07) is 10.7. The molecule has 113 heavy (non-hydrogen) atoms. The molecule has 34 heteroatoms. The van der Waals surface area contributed by atoms with E-state index in [1.54, 1.807) is 88.6 Å². The van der Waals surface area contributed by atoms with E-state index in [0.29, 0.717) is 64.2 Å². The third-order valence-corrected chi connectivity index (χ3v) is 20.8. The maximum atomic E-state index is 15.1. The second-order valence-electron chi connectivity index (χ2n) is 28.7. The van der Waals surface area contributed by atoms with Crippen LogP contribution < -0.4 is 81.0 Å². The van der Waals surface area contributed by atoms with Gasteiger partial charge in [-0.2, -0.15) is 0 Å². The maximum absolute atomic E-state index is 15.1. The molecule has 12 atom stereocenters. The molecule has 0 saturated carbocycles. The lowest BCUT2D eigenvalue weighted by Gasteiger charge is -2.29. The fraction of sp³-hybridized carbons (Fsp3) is 0.494. The Hall–Kier alpha value is -11.0. The number of carboxylic acids is 1. The van der Waals surface area contributed by atoms with Crippen molar-refractivity contribution >= 4 is 127 Å². The highest BCUT2D eigenvalue weighted by atomic mass is 32.2. The highest BCUT2D eigenvalue weighted by Gasteiger charge is 2.38. The summed E-state index contributed by atoms with van der Waals surface area (Å²) in [5.74, 6) is -15.3. The number of aromatic amines is 2. The van der Waals surface area contributed by atoms with Gasteiger partial charge in [-0.05, 0) is 116 Å². The number of H-pyrrole nitrogens is 2. The number of para-hydroxylation sites is 2. The Morgan fingerprint density at radius 2 is 0.929 bits per heavy atom. The Balaban J connectivity index is 1.27. The van der Waals surface area contributed by atoms with Gasteiger partial charge in [-0.15, -0.1) is 11.8 Å². The average Bonchev–Trinajstić information content (AvgIpc) is 1.79. The van der Waals surface area contributed by atoms with Gasteiger partial charge in [-0.3, -0.25) is 67.1 Å². The quantitative estimate of drug-likeness (QED) is 0.0347. The number of aliphatic carboxylic acids is 1. The molecule has 612 valence electrons. The van der Waals surface area contributed by atoms with Crippen LogP contribution >= 0.6 is 11.8 Å². The number of aliphatic hydroxyl groups is 1. The van der Waals surface area contributed by atoms with Crippen molar-refractivity contribution < 1.29 is 77.3 Å². The minimum Gasteiger partial charge on any atom is -0.481 e. The van der Waals surface area contributed by atoms with Gasteiger partial charge in [0.15, 0.2) is 0 Å². The predicted octanol–water partition coefficient (Wildman–Crippen LogP) is 0.519. The largest absolute Gasteiger partial charge is 0.481 e. The number of thioether (sulfide) groups is 1. The summed E-state index contributed by atoms with van der Waals surface area (Å²) in [6.07, 6.45) is 3.79. The summed E-state index contributed by atoms with van der Waals surface area (Å²) >= 11 is 0.874. The molecule has 1 fully saturated rings. The standard InChI is InChI=1S/C79H109N17O16S/c1-6-8-23-56-72(105)88-57(27-16-18-33-81)73(106)92-61(37-50-39-84-54-25-14-12-22-52(50)54)77(110)95-67(44(3)4)78(111)94-63(69(82)102)42-113-43-65(99)87-59(35-46-28-29-47-19-9-10-20-48(47)34-46)76(109)96-68(45(5)7-2)79(112)93-62(41-97)70(103)85-40-64(98)86-55(26-15-17-32-80)71(104)90-58(30-31-66(100)101)74(107)91-60(75(108)89-56)36-49-38-83-53-24-13-11-21-51(49)53/h9-14,19-22,24-25,28-29,34,38-39,44-45,55-63,67-68,83-84,97H,6-8,15-18,23,26-27,30-33,35-37,40-43,80-81H2,1-5H3,(H2,82,102)(H,85,103)(H,86,98)(H,87,99)(H,88,105)(H,89,108)(H,90,104)(H,91,107)(H,92,106)(H,93,112)(H,94,111)(H,95,110)(H,96,109)(H,100,101)/t45-,55-,56-,57-,58-,59+,60-,61-,62-,63-,67-,68-/m0/s1. The van der Waals surface area contributed by atoms with E-state index in [0.717, 1.165) is 22.5 Å². The second-order valence-corrected chi connectivity index (χ2v) is 29.8. The normalized spacial score (nSPS) is 23.1. The molecule has 13 amide bonds. The Bertz CT molecular complexity index is 4300. The van der Waals surface area contributed by atoms with Crippen LogP contribution in [0.15, 0.2) is 103 Å². The van der Waals surface area contributed by atoms with E-state index in [1.165, 1.54) is 0 Å².